The second-order valence-electron chi connectivity index (χ2n) is 6.63. The monoisotopic (exact) mass is 314 g/mol. The number of nitrogens with zero attached hydrogens (tertiary/aromatic N) is 4. The van der Waals surface area contributed by atoms with E-state index in [0.717, 1.165) is 22.3 Å². The maximum absolute atomic E-state index is 12.6. The second kappa shape index (κ2) is 6.37. The van der Waals surface area contributed by atoms with E-state index in [1.165, 1.54) is 0 Å². The molecule has 2 aromatic heterocycles. The van der Waals surface area contributed by atoms with Gasteiger partial charge in [-0.3, -0.25) is 9.48 Å². The van der Waals surface area contributed by atoms with Gasteiger partial charge in [0.1, 0.15) is 5.60 Å². The Labute approximate surface area is 136 Å². The maximum atomic E-state index is 12.6. The van der Waals surface area contributed by atoms with Crippen LogP contribution in [0, 0.1) is 18.3 Å². The van der Waals surface area contributed by atoms with Crippen molar-refractivity contribution in [1.82, 2.24) is 14.8 Å². The van der Waals surface area contributed by atoms with Crippen molar-refractivity contribution in [3.63, 3.8) is 0 Å². The van der Waals surface area contributed by atoms with Crippen molar-refractivity contribution < 1.29 is 9.53 Å². The minimum Gasteiger partial charge on any atom is -0.459 e. The van der Waals surface area contributed by atoms with Gasteiger partial charge in [0.05, 0.1) is 18.2 Å². The summed E-state index contributed by atoms with van der Waals surface area (Å²) in [5.41, 5.74) is 1.77. The van der Waals surface area contributed by atoms with Crippen LogP contribution in [0.4, 0.5) is 0 Å². The number of aryl methyl sites for hydroxylation is 2. The molecule has 6 nitrogen and oxygen atoms in total. The molecule has 0 aliphatic rings. The first-order valence-electron chi connectivity index (χ1n) is 7.62. The molecule has 2 aromatic rings. The minimum atomic E-state index is -0.568. The summed E-state index contributed by atoms with van der Waals surface area (Å²) >= 11 is 0. The van der Waals surface area contributed by atoms with E-state index in [1.54, 1.807) is 10.9 Å². The smallest absolute Gasteiger partial charge is 0.314 e. The van der Waals surface area contributed by atoms with E-state index in [2.05, 4.69) is 16.2 Å². The Balaban J connectivity index is 2.44. The predicted molar refractivity (Wildman–Crippen MR) is 86.7 cm³/mol. The number of nitriles is 1. The number of esters is 1. The van der Waals surface area contributed by atoms with Crippen LogP contribution in [-0.2, 0) is 16.6 Å². The van der Waals surface area contributed by atoms with E-state index in [-0.39, 0.29) is 12.4 Å². The lowest BCUT2D eigenvalue weighted by Crippen LogP contribution is -2.28. The van der Waals surface area contributed by atoms with Crippen LogP contribution >= 0.6 is 0 Å². The number of carbonyl (C=O) groups excluding carboxylic acids is 1. The van der Waals surface area contributed by atoms with Gasteiger partial charge in [-0.2, -0.15) is 10.4 Å². The van der Waals surface area contributed by atoms with Gasteiger partial charge in [0, 0.05) is 24.5 Å². The van der Waals surface area contributed by atoms with Crippen molar-refractivity contribution in [1.29, 1.82) is 5.26 Å². The molecular formula is C17H22N4O2. The van der Waals surface area contributed by atoms with Gasteiger partial charge in [-0.05, 0) is 45.7 Å². The summed E-state index contributed by atoms with van der Waals surface area (Å²) < 4.78 is 7.22. The van der Waals surface area contributed by atoms with Crippen molar-refractivity contribution in [3.8, 4) is 6.07 Å². The van der Waals surface area contributed by atoms with Gasteiger partial charge in [-0.1, -0.05) is 0 Å². The molecule has 0 aliphatic heterocycles. The van der Waals surface area contributed by atoms with E-state index >= 15 is 0 Å². The van der Waals surface area contributed by atoms with E-state index in [1.807, 2.05) is 40.8 Å². The summed E-state index contributed by atoms with van der Waals surface area (Å²) in [7, 11) is 1.83. The average Bonchev–Trinajstić information content (AvgIpc) is 2.78. The zero-order chi connectivity index (χ0) is 17.2. The number of ether oxygens (including phenoxy) is 1. The highest BCUT2D eigenvalue weighted by Gasteiger charge is 2.28. The van der Waals surface area contributed by atoms with Gasteiger partial charge in [-0.15, -0.1) is 0 Å². The summed E-state index contributed by atoms with van der Waals surface area (Å²) in [4.78, 5) is 17.1. The first-order valence-corrected chi connectivity index (χ1v) is 7.62. The molecular weight excluding hydrogens is 292 g/mol. The normalized spacial score (nSPS) is 12.9. The first-order chi connectivity index (χ1) is 10.7. The lowest BCUT2D eigenvalue weighted by molar-refractivity contribution is -0.156. The molecule has 0 amide bonds. The molecule has 0 bridgehead atoms. The zero-order valence-electron chi connectivity index (χ0n) is 14.3. The van der Waals surface area contributed by atoms with Crippen LogP contribution in [0.2, 0.25) is 0 Å². The van der Waals surface area contributed by atoms with Gasteiger partial charge in [0.25, 0.3) is 0 Å². The van der Waals surface area contributed by atoms with E-state index in [0.29, 0.717) is 6.42 Å². The molecule has 0 saturated heterocycles. The van der Waals surface area contributed by atoms with Crippen molar-refractivity contribution in [2.24, 2.45) is 7.05 Å². The van der Waals surface area contributed by atoms with E-state index in [4.69, 9.17) is 10.00 Å². The second-order valence-corrected chi connectivity index (χ2v) is 6.63. The lowest BCUT2D eigenvalue weighted by Gasteiger charge is -2.24. The fourth-order valence-electron chi connectivity index (χ4n) is 2.52. The number of fused-ring (bicyclic) bond motifs is 1. The third-order valence-electron chi connectivity index (χ3n) is 3.55. The SMILES string of the molecule is Cc1nc2c(cnn2C)cc1C(CCC#N)C(=O)OC(C)(C)C. The fraction of sp³-hybridized carbons (Fsp3) is 0.529. The summed E-state index contributed by atoms with van der Waals surface area (Å²) in [5, 5.41) is 14.0. The van der Waals surface area contributed by atoms with Crippen molar-refractivity contribution in [3.05, 3.63) is 23.5 Å². The van der Waals surface area contributed by atoms with Crippen LogP contribution in [0.5, 0.6) is 0 Å². The fourth-order valence-corrected chi connectivity index (χ4v) is 2.52. The van der Waals surface area contributed by atoms with Gasteiger partial charge in [0.15, 0.2) is 5.65 Å². The number of carbonyl (C=O) groups is 1. The average molecular weight is 314 g/mol. The van der Waals surface area contributed by atoms with Crippen molar-refractivity contribution in [2.45, 2.75) is 52.1 Å². The highest BCUT2D eigenvalue weighted by Crippen LogP contribution is 2.29. The molecule has 2 heterocycles. The highest BCUT2D eigenvalue weighted by molar-refractivity contribution is 5.82. The number of rotatable bonds is 4. The van der Waals surface area contributed by atoms with Gasteiger partial charge in [0.2, 0.25) is 0 Å². The Morgan fingerprint density at radius 1 is 1.48 bits per heavy atom. The third-order valence-corrected chi connectivity index (χ3v) is 3.55. The van der Waals surface area contributed by atoms with Crippen molar-refractivity contribution in [2.75, 3.05) is 0 Å². The Morgan fingerprint density at radius 3 is 2.78 bits per heavy atom. The topological polar surface area (TPSA) is 80.8 Å². The van der Waals surface area contributed by atoms with Gasteiger partial charge in [-0.25, -0.2) is 4.98 Å². The van der Waals surface area contributed by atoms with Crippen LogP contribution < -0.4 is 0 Å². The summed E-state index contributed by atoms with van der Waals surface area (Å²) in [6.07, 6.45) is 2.43. The maximum Gasteiger partial charge on any atom is 0.314 e. The molecule has 0 N–H and O–H groups in total. The van der Waals surface area contributed by atoms with Crippen LogP contribution in [0.15, 0.2) is 12.3 Å². The third kappa shape index (κ3) is 3.86. The van der Waals surface area contributed by atoms with Crippen LogP contribution in [0.1, 0.15) is 50.8 Å². The summed E-state index contributed by atoms with van der Waals surface area (Å²) in [5.74, 6) is -0.813. The largest absolute Gasteiger partial charge is 0.459 e. The summed E-state index contributed by atoms with van der Waals surface area (Å²) in [6.45, 7) is 7.37. The molecule has 23 heavy (non-hydrogen) atoms. The molecule has 0 aliphatic carbocycles. The molecule has 6 heteroatoms. The summed E-state index contributed by atoms with van der Waals surface area (Å²) in [6, 6.07) is 4.03. The quantitative estimate of drug-likeness (QED) is 0.810. The van der Waals surface area contributed by atoms with Crippen LogP contribution in [-0.4, -0.2) is 26.3 Å². The highest BCUT2D eigenvalue weighted by atomic mass is 16.6. The lowest BCUT2D eigenvalue weighted by atomic mass is 9.92. The molecule has 0 radical (unpaired) electrons. The van der Waals surface area contributed by atoms with Gasteiger partial charge < -0.3 is 4.74 Å². The first kappa shape index (κ1) is 16.9. The Hall–Kier alpha value is -2.42. The van der Waals surface area contributed by atoms with E-state index in [9.17, 15) is 4.79 Å². The predicted octanol–water partition coefficient (Wildman–Crippen LogP) is 3.01. The minimum absolute atomic E-state index is 0.286. The Kier molecular flexibility index (Phi) is 4.69. The molecule has 0 fully saturated rings. The standard InChI is InChI=1S/C17H22N4O2/c1-11-14(9-12-10-19-21(5)15(12)20-11)13(7-6-8-18)16(22)23-17(2,3)4/h9-10,13H,6-7H2,1-5H3. The number of hydrogen-bond acceptors (Lipinski definition) is 5. The molecule has 2 rings (SSSR count). The van der Waals surface area contributed by atoms with Crippen LogP contribution in [0.3, 0.4) is 0 Å². The molecule has 0 saturated carbocycles. The number of hydrogen-bond donors (Lipinski definition) is 0. The molecule has 0 spiro atoms. The van der Waals surface area contributed by atoms with Crippen LogP contribution in [0.25, 0.3) is 11.0 Å². The Bertz CT molecular complexity index is 765. The van der Waals surface area contributed by atoms with E-state index < -0.39 is 11.5 Å². The number of pyridine rings is 1. The van der Waals surface area contributed by atoms with Gasteiger partial charge >= 0.3 is 5.97 Å². The molecule has 0 aromatic carbocycles. The number of aromatic nitrogens is 3. The van der Waals surface area contributed by atoms with Crippen molar-refractivity contribution >= 4 is 17.0 Å². The molecule has 122 valence electrons. The molecule has 1 atom stereocenters. The Morgan fingerprint density at radius 2 is 2.17 bits per heavy atom. The zero-order valence-corrected chi connectivity index (χ0v) is 14.3. The molecule has 1 unspecified atom stereocenters.